The number of halogens is 1. The van der Waals surface area contributed by atoms with E-state index in [1.807, 2.05) is 40.9 Å². The number of hydrogen-bond acceptors (Lipinski definition) is 2. The van der Waals surface area contributed by atoms with Crippen molar-refractivity contribution in [2.75, 3.05) is 12.3 Å². The van der Waals surface area contributed by atoms with Crippen LogP contribution in [0.1, 0.15) is 16.8 Å². The van der Waals surface area contributed by atoms with Crippen LogP contribution in [0.15, 0.2) is 28.7 Å². The van der Waals surface area contributed by atoms with Crippen molar-refractivity contribution in [2.45, 2.75) is 17.7 Å². The van der Waals surface area contributed by atoms with Crippen LogP contribution in [0.2, 0.25) is 0 Å². The minimum absolute atomic E-state index is 0.181. The van der Waals surface area contributed by atoms with Gasteiger partial charge in [-0.15, -0.1) is 0 Å². The lowest BCUT2D eigenvalue weighted by Crippen LogP contribution is -2.39. The molecule has 2 atom stereocenters. The molecular weight excluding hydrogens is 286 g/mol. The van der Waals surface area contributed by atoms with E-state index in [1.54, 1.807) is 0 Å². The van der Waals surface area contributed by atoms with Crippen LogP contribution in [0, 0.1) is 0 Å². The molecule has 1 amide bonds. The number of amides is 1. The highest BCUT2D eigenvalue weighted by molar-refractivity contribution is 9.10. The summed E-state index contributed by atoms with van der Waals surface area (Å²) < 4.78 is 0.899. The lowest BCUT2D eigenvalue weighted by Gasteiger charge is -2.27. The van der Waals surface area contributed by atoms with Gasteiger partial charge >= 0.3 is 0 Å². The van der Waals surface area contributed by atoms with Crippen LogP contribution >= 0.6 is 27.7 Å². The van der Waals surface area contributed by atoms with E-state index >= 15 is 0 Å². The van der Waals surface area contributed by atoms with E-state index in [0.29, 0.717) is 11.3 Å². The van der Waals surface area contributed by atoms with Gasteiger partial charge in [-0.1, -0.05) is 12.1 Å². The average molecular weight is 298 g/mol. The fraction of sp³-hybridized carbons (Fsp3) is 0.417. The van der Waals surface area contributed by atoms with Gasteiger partial charge < -0.3 is 4.90 Å². The van der Waals surface area contributed by atoms with Crippen LogP contribution < -0.4 is 0 Å². The van der Waals surface area contributed by atoms with Gasteiger partial charge in [-0.2, -0.15) is 11.8 Å². The second-order valence-corrected chi connectivity index (χ2v) is 6.47. The maximum atomic E-state index is 12.3. The molecule has 0 N–H and O–H groups in total. The first-order valence-corrected chi connectivity index (χ1v) is 7.27. The molecule has 2 aliphatic rings. The number of benzene rings is 1. The van der Waals surface area contributed by atoms with E-state index in [1.165, 1.54) is 6.42 Å². The van der Waals surface area contributed by atoms with Crippen LogP contribution in [0.25, 0.3) is 0 Å². The molecule has 2 nitrogen and oxygen atoms in total. The van der Waals surface area contributed by atoms with Crippen molar-refractivity contribution in [3.05, 3.63) is 34.3 Å². The zero-order valence-corrected chi connectivity index (χ0v) is 11.1. The number of rotatable bonds is 1. The summed E-state index contributed by atoms with van der Waals surface area (Å²) in [6, 6.07) is 8.14. The lowest BCUT2D eigenvalue weighted by molar-refractivity contribution is 0.0746. The predicted molar refractivity (Wildman–Crippen MR) is 69.8 cm³/mol. The van der Waals surface area contributed by atoms with Crippen molar-refractivity contribution in [1.82, 2.24) is 4.90 Å². The summed E-state index contributed by atoms with van der Waals surface area (Å²) in [5, 5.41) is 0.677. The van der Waals surface area contributed by atoms with Gasteiger partial charge in [0.2, 0.25) is 0 Å². The number of likely N-dealkylation sites (tertiary alicyclic amines) is 1. The molecule has 0 radical (unpaired) electrons. The Morgan fingerprint density at radius 3 is 2.88 bits per heavy atom. The fourth-order valence-corrected chi connectivity index (χ4v) is 4.33. The topological polar surface area (TPSA) is 20.3 Å². The molecule has 0 spiro atoms. The van der Waals surface area contributed by atoms with Crippen molar-refractivity contribution in [3.63, 3.8) is 0 Å². The summed E-state index contributed by atoms with van der Waals surface area (Å²) in [5.41, 5.74) is 0.792. The normalized spacial score (nSPS) is 27.4. The minimum Gasteiger partial charge on any atom is -0.334 e. The minimum atomic E-state index is 0.181. The van der Waals surface area contributed by atoms with Gasteiger partial charge in [0.05, 0.1) is 5.56 Å². The fourth-order valence-electron chi connectivity index (χ4n) is 2.44. The van der Waals surface area contributed by atoms with E-state index in [0.717, 1.165) is 22.3 Å². The quantitative estimate of drug-likeness (QED) is 0.794. The van der Waals surface area contributed by atoms with Crippen LogP contribution in [-0.4, -0.2) is 34.4 Å². The molecule has 2 fully saturated rings. The Labute approximate surface area is 108 Å². The first-order valence-electron chi connectivity index (χ1n) is 5.43. The molecule has 2 saturated heterocycles. The van der Waals surface area contributed by atoms with Gasteiger partial charge in [-0.25, -0.2) is 0 Å². The van der Waals surface area contributed by atoms with Gasteiger partial charge in [0.15, 0.2) is 0 Å². The summed E-state index contributed by atoms with van der Waals surface area (Å²) in [6.45, 7) is 0.926. The van der Waals surface area contributed by atoms with Gasteiger partial charge in [0.25, 0.3) is 5.91 Å². The summed E-state index contributed by atoms with van der Waals surface area (Å²) in [5.74, 6) is 1.29. The van der Waals surface area contributed by atoms with Crippen LogP contribution in [-0.2, 0) is 0 Å². The van der Waals surface area contributed by atoms with Crippen LogP contribution in [0.5, 0.6) is 0 Å². The van der Waals surface area contributed by atoms with E-state index < -0.39 is 0 Å². The van der Waals surface area contributed by atoms with Crippen molar-refractivity contribution in [2.24, 2.45) is 0 Å². The first-order chi connectivity index (χ1) is 7.75. The standard InChI is InChI=1S/C12H12BrNOS/c13-11-4-2-1-3-10(11)12(15)14-6-9-5-8(14)7-16-9/h1-4,8-9H,5-7H2. The first kappa shape index (κ1) is 10.7. The number of hydrogen-bond donors (Lipinski definition) is 0. The summed E-state index contributed by atoms with van der Waals surface area (Å²) in [4.78, 5) is 14.4. The monoisotopic (exact) mass is 297 g/mol. The van der Waals surface area contributed by atoms with E-state index in [2.05, 4.69) is 15.9 Å². The van der Waals surface area contributed by atoms with Gasteiger partial charge in [-0.05, 0) is 34.5 Å². The van der Waals surface area contributed by atoms with Gasteiger partial charge in [-0.3, -0.25) is 4.79 Å². The molecule has 1 aromatic carbocycles. The number of carbonyl (C=O) groups excluding carboxylic acids is 1. The Morgan fingerprint density at radius 1 is 1.44 bits per heavy atom. The zero-order valence-electron chi connectivity index (χ0n) is 8.73. The predicted octanol–water partition coefficient (Wildman–Crippen LogP) is 2.78. The molecule has 0 aliphatic carbocycles. The highest BCUT2D eigenvalue weighted by Crippen LogP contribution is 2.38. The SMILES string of the molecule is O=C(c1ccccc1Br)N1CC2CC1CS2. The highest BCUT2D eigenvalue weighted by Gasteiger charge is 2.41. The summed E-state index contributed by atoms with van der Waals surface area (Å²) >= 11 is 5.45. The van der Waals surface area contributed by atoms with E-state index in [-0.39, 0.29) is 5.91 Å². The molecule has 0 aromatic heterocycles. The van der Waals surface area contributed by atoms with Gasteiger partial charge in [0, 0.05) is 28.1 Å². The van der Waals surface area contributed by atoms with Crippen LogP contribution in [0.3, 0.4) is 0 Å². The maximum absolute atomic E-state index is 12.3. The molecule has 4 heteroatoms. The van der Waals surface area contributed by atoms with Crippen molar-refractivity contribution in [3.8, 4) is 0 Å². The molecule has 2 bridgehead atoms. The largest absolute Gasteiger partial charge is 0.334 e. The lowest BCUT2D eigenvalue weighted by atomic mass is 10.2. The Balaban J connectivity index is 1.86. The molecule has 3 rings (SSSR count). The highest BCUT2D eigenvalue weighted by atomic mass is 79.9. The van der Waals surface area contributed by atoms with Crippen LogP contribution in [0.4, 0.5) is 0 Å². The molecule has 84 valence electrons. The smallest absolute Gasteiger partial charge is 0.255 e. The number of thioether (sulfide) groups is 1. The molecule has 2 unspecified atom stereocenters. The molecule has 2 heterocycles. The van der Waals surface area contributed by atoms with E-state index in [4.69, 9.17) is 0 Å². The third kappa shape index (κ3) is 1.68. The number of nitrogens with zero attached hydrogens (tertiary/aromatic N) is 1. The molecular formula is C12H12BrNOS. The Morgan fingerprint density at radius 2 is 2.25 bits per heavy atom. The molecule has 1 aromatic rings. The second-order valence-electron chi connectivity index (χ2n) is 4.28. The summed E-state index contributed by atoms with van der Waals surface area (Å²) in [7, 11) is 0. The number of fused-ring (bicyclic) bond motifs is 2. The maximum Gasteiger partial charge on any atom is 0.255 e. The molecule has 0 saturated carbocycles. The van der Waals surface area contributed by atoms with Crippen molar-refractivity contribution in [1.29, 1.82) is 0 Å². The average Bonchev–Trinajstić information content (AvgIpc) is 2.90. The molecule has 16 heavy (non-hydrogen) atoms. The Hall–Kier alpha value is -0.480. The van der Waals surface area contributed by atoms with Crippen molar-refractivity contribution >= 4 is 33.6 Å². The second kappa shape index (κ2) is 4.08. The number of carbonyl (C=O) groups is 1. The Bertz CT molecular complexity index is 437. The molecule has 2 aliphatic heterocycles. The van der Waals surface area contributed by atoms with Crippen molar-refractivity contribution < 1.29 is 4.79 Å². The summed E-state index contributed by atoms with van der Waals surface area (Å²) in [6.07, 6.45) is 1.18. The van der Waals surface area contributed by atoms with E-state index in [9.17, 15) is 4.79 Å². The van der Waals surface area contributed by atoms with Gasteiger partial charge in [0.1, 0.15) is 0 Å². The third-order valence-electron chi connectivity index (χ3n) is 3.27. The third-order valence-corrected chi connectivity index (χ3v) is 5.35. The Kier molecular flexibility index (Phi) is 2.72. The zero-order chi connectivity index (χ0) is 11.1.